The van der Waals surface area contributed by atoms with Gasteiger partial charge in [-0.25, -0.2) is 13.4 Å². The van der Waals surface area contributed by atoms with Crippen molar-refractivity contribution in [3.05, 3.63) is 18.6 Å². The van der Waals surface area contributed by atoms with Crippen LogP contribution in [0.4, 0.5) is 0 Å². The Kier molecular flexibility index (Phi) is 3.17. The molecule has 7 heteroatoms. The summed E-state index contributed by atoms with van der Waals surface area (Å²) >= 11 is 0. The summed E-state index contributed by atoms with van der Waals surface area (Å²) in [6.07, 6.45) is 4.12. The molecule has 0 saturated carbocycles. The number of sulfonamides is 1. The van der Waals surface area contributed by atoms with Gasteiger partial charge in [0.05, 0.1) is 6.20 Å². The summed E-state index contributed by atoms with van der Waals surface area (Å²) in [5.41, 5.74) is 0. The molecule has 1 atom stereocenters. The molecule has 0 aromatic carbocycles. The first-order chi connectivity index (χ1) is 7.60. The van der Waals surface area contributed by atoms with Crippen LogP contribution in [0.5, 0.6) is 0 Å². The van der Waals surface area contributed by atoms with Gasteiger partial charge in [0.2, 0.25) is 0 Å². The molecule has 1 aromatic heterocycles. The number of hydrogen-bond donors (Lipinski definition) is 1. The van der Waals surface area contributed by atoms with Gasteiger partial charge in [-0.3, -0.25) is 4.98 Å². The molecule has 88 valence electrons. The van der Waals surface area contributed by atoms with Gasteiger partial charge in [-0.1, -0.05) is 0 Å². The van der Waals surface area contributed by atoms with Gasteiger partial charge in [0.1, 0.15) is 0 Å². The highest BCUT2D eigenvalue weighted by molar-refractivity contribution is 7.89. The van der Waals surface area contributed by atoms with Crippen LogP contribution >= 0.6 is 0 Å². The van der Waals surface area contributed by atoms with Crippen LogP contribution in [0.2, 0.25) is 0 Å². The van der Waals surface area contributed by atoms with Gasteiger partial charge in [-0.15, -0.1) is 0 Å². The third-order valence-electron chi connectivity index (χ3n) is 2.48. The number of aromatic nitrogens is 2. The van der Waals surface area contributed by atoms with E-state index in [1.54, 1.807) is 0 Å². The van der Waals surface area contributed by atoms with Crippen LogP contribution in [0.15, 0.2) is 23.6 Å². The Morgan fingerprint density at radius 2 is 2.31 bits per heavy atom. The third-order valence-corrected chi connectivity index (χ3v) is 4.23. The number of rotatable bonds is 2. The van der Waals surface area contributed by atoms with Crippen molar-refractivity contribution in [1.29, 1.82) is 0 Å². The average molecular weight is 242 g/mol. The lowest BCUT2D eigenvalue weighted by molar-refractivity contribution is 0.309. The predicted molar refractivity (Wildman–Crippen MR) is 58.3 cm³/mol. The molecule has 6 nitrogen and oxygen atoms in total. The first kappa shape index (κ1) is 11.4. The van der Waals surface area contributed by atoms with Gasteiger partial charge in [0, 0.05) is 38.1 Å². The van der Waals surface area contributed by atoms with Crippen LogP contribution in [-0.2, 0) is 10.0 Å². The van der Waals surface area contributed by atoms with Crippen molar-refractivity contribution < 1.29 is 8.42 Å². The van der Waals surface area contributed by atoms with E-state index in [4.69, 9.17) is 0 Å². The molecule has 1 N–H and O–H groups in total. The Balaban J connectivity index is 2.26. The molecule has 0 bridgehead atoms. The zero-order chi connectivity index (χ0) is 11.6. The highest BCUT2D eigenvalue weighted by Gasteiger charge is 2.29. The highest BCUT2D eigenvalue weighted by atomic mass is 32.2. The molecular weight excluding hydrogens is 228 g/mol. The fraction of sp³-hybridized carbons (Fsp3) is 0.556. The van der Waals surface area contributed by atoms with E-state index < -0.39 is 10.0 Å². The van der Waals surface area contributed by atoms with Crippen molar-refractivity contribution >= 4 is 10.0 Å². The first-order valence-electron chi connectivity index (χ1n) is 5.10. The van der Waals surface area contributed by atoms with Gasteiger partial charge in [0.15, 0.2) is 5.03 Å². The van der Waals surface area contributed by atoms with Crippen molar-refractivity contribution in [3.63, 3.8) is 0 Å². The Bertz CT molecular complexity index is 448. The van der Waals surface area contributed by atoms with Crippen LogP contribution in [0.1, 0.15) is 6.92 Å². The van der Waals surface area contributed by atoms with Crippen LogP contribution < -0.4 is 5.32 Å². The Hall–Kier alpha value is -1.05. The van der Waals surface area contributed by atoms with Crippen molar-refractivity contribution in [2.75, 3.05) is 19.6 Å². The maximum absolute atomic E-state index is 12.1. The molecule has 1 aliphatic rings. The molecule has 1 saturated heterocycles. The second-order valence-electron chi connectivity index (χ2n) is 3.76. The molecule has 0 radical (unpaired) electrons. The number of hydrogen-bond acceptors (Lipinski definition) is 5. The molecule has 2 heterocycles. The molecule has 0 unspecified atom stereocenters. The van der Waals surface area contributed by atoms with Gasteiger partial charge in [-0.2, -0.15) is 4.31 Å². The molecule has 1 fully saturated rings. The number of piperazine rings is 1. The zero-order valence-electron chi connectivity index (χ0n) is 9.00. The van der Waals surface area contributed by atoms with E-state index in [0.717, 1.165) is 0 Å². The topological polar surface area (TPSA) is 75.2 Å². The first-order valence-corrected chi connectivity index (χ1v) is 6.54. The fourth-order valence-corrected chi connectivity index (χ4v) is 3.07. The fourth-order valence-electron chi connectivity index (χ4n) is 1.67. The molecule has 0 aliphatic carbocycles. The number of nitrogens with zero attached hydrogens (tertiary/aromatic N) is 3. The molecular formula is C9H14N4O2S. The lowest BCUT2D eigenvalue weighted by Crippen LogP contribution is -2.51. The molecule has 0 amide bonds. The van der Waals surface area contributed by atoms with Crippen LogP contribution in [-0.4, -0.2) is 48.4 Å². The van der Waals surface area contributed by atoms with E-state index in [9.17, 15) is 8.42 Å². The van der Waals surface area contributed by atoms with E-state index in [1.807, 2.05) is 6.92 Å². The molecule has 1 aliphatic heterocycles. The molecule has 0 spiro atoms. The summed E-state index contributed by atoms with van der Waals surface area (Å²) in [7, 11) is -3.48. The van der Waals surface area contributed by atoms with Crippen molar-refractivity contribution in [1.82, 2.24) is 19.6 Å². The minimum absolute atomic E-state index is 0.0177. The maximum atomic E-state index is 12.1. The quantitative estimate of drug-likeness (QED) is 0.754. The normalized spacial score (nSPS) is 23.2. The summed E-state index contributed by atoms with van der Waals surface area (Å²) < 4.78 is 25.7. The van der Waals surface area contributed by atoms with Crippen LogP contribution in [0.25, 0.3) is 0 Å². The van der Waals surface area contributed by atoms with E-state index in [0.29, 0.717) is 19.6 Å². The van der Waals surface area contributed by atoms with E-state index >= 15 is 0 Å². The van der Waals surface area contributed by atoms with Gasteiger partial charge < -0.3 is 5.32 Å². The lowest BCUT2D eigenvalue weighted by Gasteiger charge is -2.30. The summed E-state index contributed by atoms with van der Waals surface area (Å²) in [5, 5.41) is 3.21. The Labute approximate surface area is 94.8 Å². The zero-order valence-corrected chi connectivity index (χ0v) is 9.81. The van der Waals surface area contributed by atoms with E-state index in [1.165, 1.54) is 22.9 Å². The minimum atomic E-state index is -3.48. The largest absolute Gasteiger partial charge is 0.312 e. The second kappa shape index (κ2) is 4.44. The van der Waals surface area contributed by atoms with Crippen molar-refractivity contribution in [2.24, 2.45) is 0 Å². The van der Waals surface area contributed by atoms with Gasteiger partial charge >= 0.3 is 0 Å². The van der Waals surface area contributed by atoms with Crippen molar-refractivity contribution in [2.45, 2.75) is 18.0 Å². The van der Waals surface area contributed by atoms with Gasteiger partial charge in [-0.05, 0) is 6.92 Å². The van der Waals surface area contributed by atoms with Crippen LogP contribution in [0.3, 0.4) is 0 Å². The summed E-state index contributed by atoms with van der Waals surface area (Å²) in [4.78, 5) is 7.62. The van der Waals surface area contributed by atoms with E-state index in [2.05, 4.69) is 15.3 Å². The average Bonchev–Trinajstić information content (AvgIpc) is 2.30. The monoisotopic (exact) mass is 242 g/mol. The number of nitrogens with one attached hydrogen (secondary N) is 1. The second-order valence-corrected chi connectivity index (χ2v) is 5.65. The lowest BCUT2D eigenvalue weighted by atomic mass is 10.3. The minimum Gasteiger partial charge on any atom is -0.312 e. The standard InChI is InChI=1S/C9H14N4O2S/c1-8-7-13(5-4-11-8)16(14,15)9-6-10-2-3-12-9/h2-3,6,8,11H,4-5,7H2,1H3/t8-/m1/s1. The Morgan fingerprint density at radius 1 is 1.50 bits per heavy atom. The summed E-state index contributed by atoms with van der Waals surface area (Å²) in [6.45, 7) is 3.57. The third kappa shape index (κ3) is 2.21. The summed E-state index contributed by atoms with van der Waals surface area (Å²) in [5.74, 6) is 0. The van der Waals surface area contributed by atoms with Crippen LogP contribution in [0, 0.1) is 0 Å². The Morgan fingerprint density at radius 3 is 2.94 bits per heavy atom. The summed E-state index contributed by atoms with van der Waals surface area (Å²) in [6, 6.07) is 0.167. The molecule has 1 aromatic rings. The predicted octanol–water partition coefficient (Wildman–Crippen LogP) is -0.541. The maximum Gasteiger partial charge on any atom is 0.262 e. The SMILES string of the molecule is C[C@@H]1CN(S(=O)(=O)c2cnccn2)CCN1. The van der Waals surface area contributed by atoms with E-state index in [-0.39, 0.29) is 11.1 Å². The smallest absolute Gasteiger partial charge is 0.262 e. The van der Waals surface area contributed by atoms with Gasteiger partial charge in [0.25, 0.3) is 10.0 Å². The molecule has 2 rings (SSSR count). The van der Waals surface area contributed by atoms with Crippen molar-refractivity contribution in [3.8, 4) is 0 Å². The highest BCUT2D eigenvalue weighted by Crippen LogP contribution is 2.13. The molecule has 16 heavy (non-hydrogen) atoms.